The van der Waals surface area contributed by atoms with Crippen LogP contribution in [0, 0.1) is 12.7 Å². The van der Waals surface area contributed by atoms with Crippen molar-refractivity contribution in [2.75, 3.05) is 5.32 Å². The zero-order chi connectivity index (χ0) is 24.4. The van der Waals surface area contributed by atoms with Crippen molar-refractivity contribution >= 4 is 28.6 Å². The zero-order valence-corrected chi connectivity index (χ0v) is 20.0. The molecule has 3 aromatic heterocycles. The van der Waals surface area contributed by atoms with Gasteiger partial charge in [-0.3, -0.25) is 5.10 Å². The van der Waals surface area contributed by atoms with Gasteiger partial charge in [0.15, 0.2) is 0 Å². The summed E-state index contributed by atoms with van der Waals surface area (Å²) in [6.45, 7) is 5.04. The van der Waals surface area contributed by atoms with Crippen molar-refractivity contribution in [3.63, 3.8) is 0 Å². The Kier molecular flexibility index (Phi) is 6.33. The molecule has 3 heterocycles. The standard InChI is InChI=1S/C25H23ClFN7O/c1-3-34-23-10-16(9-19-8-15(2)32-33-19)4-7-22(23)31-24(34)28-12-17-5-6-20(11-21(17)27)35-25-29-13-18(26)14-30-25/h4-8,10-11,13-14H,3,9,12H2,1-2H3,(H,28,31)(H,32,33). The summed E-state index contributed by atoms with van der Waals surface area (Å²) < 4.78 is 22.3. The van der Waals surface area contributed by atoms with Crippen molar-refractivity contribution in [2.24, 2.45) is 0 Å². The third-order valence-electron chi connectivity index (χ3n) is 5.54. The molecule has 10 heteroatoms. The summed E-state index contributed by atoms with van der Waals surface area (Å²) in [5, 5.41) is 11.0. The third kappa shape index (κ3) is 5.09. The van der Waals surface area contributed by atoms with Gasteiger partial charge in [-0.2, -0.15) is 5.10 Å². The van der Waals surface area contributed by atoms with Crippen molar-refractivity contribution in [3.8, 4) is 11.8 Å². The fourth-order valence-electron chi connectivity index (χ4n) is 3.88. The van der Waals surface area contributed by atoms with E-state index in [1.54, 1.807) is 12.1 Å². The molecule has 2 N–H and O–H groups in total. The lowest BCUT2D eigenvalue weighted by atomic mass is 10.1. The maximum absolute atomic E-state index is 14.8. The lowest BCUT2D eigenvalue weighted by Crippen LogP contribution is -2.08. The Bertz CT molecular complexity index is 1480. The van der Waals surface area contributed by atoms with Crippen LogP contribution in [0.4, 0.5) is 10.3 Å². The number of hydrogen-bond donors (Lipinski definition) is 2. The van der Waals surface area contributed by atoms with E-state index < -0.39 is 5.82 Å². The summed E-state index contributed by atoms with van der Waals surface area (Å²) in [4.78, 5) is 12.6. The molecule has 178 valence electrons. The third-order valence-corrected chi connectivity index (χ3v) is 5.74. The number of rotatable bonds is 8. The number of nitrogens with zero attached hydrogens (tertiary/aromatic N) is 5. The largest absolute Gasteiger partial charge is 0.424 e. The average molecular weight is 492 g/mol. The zero-order valence-electron chi connectivity index (χ0n) is 19.2. The molecular weight excluding hydrogens is 469 g/mol. The number of aryl methyl sites for hydroxylation is 2. The summed E-state index contributed by atoms with van der Waals surface area (Å²) in [5.74, 6) is 0.582. The molecule has 5 rings (SSSR count). The predicted octanol–water partition coefficient (Wildman–Crippen LogP) is 5.67. The van der Waals surface area contributed by atoms with E-state index in [4.69, 9.17) is 21.3 Å². The fourth-order valence-corrected chi connectivity index (χ4v) is 3.97. The minimum atomic E-state index is -0.403. The van der Waals surface area contributed by atoms with Crippen LogP contribution in [0.3, 0.4) is 0 Å². The Morgan fingerprint density at radius 1 is 1.11 bits per heavy atom. The number of hydrogen-bond acceptors (Lipinski definition) is 6. The van der Waals surface area contributed by atoms with Crippen LogP contribution in [0.2, 0.25) is 5.02 Å². The molecule has 2 aromatic carbocycles. The Hall–Kier alpha value is -3.98. The average Bonchev–Trinajstić information content (AvgIpc) is 3.42. The highest BCUT2D eigenvalue weighted by Gasteiger charge is 2.13. The highest BCUT2D eigenvalue weighted by molar-refractivity contribution is 6.30. The van der Waals surface area contributed by atoms with Crippen molar-refractivity contribution in [1.82, 2.24) is 29.7 Å². The van der Waals surface area contributed by atoms with Gasteiger partial charge in [0.25, 0.3) is 0 Å². The van der Waals surface area contributed by atoms with E-state index in [1.807, 2.05) is 19.1 Å². The van der Waals surface area contributed by atoms with E-state index >= 15 is 0 Å². The Morgan fingerprint density at radius 2 is 1.94 bits per heavy atom. The molecule has 0 spiro atoms. The van der Waals surface area contributed by atoms with Crippen molar-refractivity contribution < 1.29 is 9.13 Å². The van der Waals surface area contributed by atoms with Crippen molar-refractivity contribution in [1.29, 1.82) is 0 Å². The monoisotopic (exact) mass is 491 g/mol. The van der Waals surface area contributed by atoms with Crippen molar-refractivity contribution in [2.45, 2.75) is 33.4 Å². The van der Waals surface area contributed by atoms with E-state index in [-0.39, 0.29) is 12.6 Å². The maximum Gasteiger partial charge on any atom is 0.321 e. The maximum atomic E-state index is 14.8. The molecule has 0 fully saturated rings. The molecule has 0 bridgehead atoms. The van der Waals surface area contributed by atoms with Gasteiger partial charge in [0.1, 0.15) is 11.6 Å². The number of ether oxygens (including phenoxy) is 1. The molecular formula is C25H23ClFN7O. The normalized spacial score (nSPS) is 11.2. The Labute approximate surface area is 206 Å². The second kappa shape index (κ2) is 9.71. The van der Waals surface area contributed by atoms with E-state index in [2.05, 4.69) is 49.1 Å². The minimum Gasteiger partial charge on any atom is -0.424 e. The first-order valence-electron chi connectivity index (χ1n) is 11.2. The first-order chi connectivity index (χ1) is 17.0. The molecule has 0 aliphatic carbocycles. The summed E-state index contributed by atoms with van der Waals surface area (Å²) in [7, 11) is 0. The van der Waals surface area contributed by atoms with E-state index in [1.165, 1.54) is 18.5 Å². The SMILES string of the molecule is CCn1c(NCc2ccc(Oc3ncc(Cl)cn3)cc2F)nc2ccc(Cc3cc(C)[nH]n3)cc21. The number of H-pyrrole nitrogens is 1. The molecule has 8 nitrogen and oxygen atoms in total. The second-order valence-electron chi connectivity index (χ2n) is 8.11. The molecule has 0 saturated heterocycles. The van der Waals surface area contributed by atoms with Crippen LogP contribution in [-0.4, -0.2) is 29.7 Å². The van der Waals surface area contributed by atoms with Gasteiger partial charge in [-0.25, -0.2) is 19.3 Å². The van der Waals surface area contributed by atoms with E-state index in [0.29, 0.717) is 22.3 Å². The van der Waals surface area contributed by atoms with Gasteiger partial charge < -0.3 is 14.6 Å². The summed E-state index contributed by atoms with van der Waals surface area (Å²) >= 11 is 5.78. The van der Waals surface area contributed by atoms with Gasteiger partial charge >= 0.3 is 6.01 Å². The number of imidazole rings is 1. The molecule has 0 radical (unpaired) electrons. The topological polar surface area (TPSA) is 93.5 Å². The van der Waals surface area contributed by atoms with E-state index in [0.717, 1.165) is 41.0 Å². The van der Waals surface area contributed by atoms with Crippen LogP contribution in [-0.2, 0) is 19.5 Å². The smallest absolute Gasteiger partial charge is 0.321 e. The highest BCUT2D eigenvalue weighted by atomic mass is 35.5. The second-order valence-corrected chi connectivity index (χ2v) is 8.55. The molecule has 0 aliphatic heterocycles. The first kappa shape index (κ1) is 22.8. The van der Waals surface area contributed by atoms with Gasteiger partial charge in [-0.1, -0.05) is 23.7 Å². The van der Waals surface area contributed by atoms with Crippen LogP contribution >= 0.6 is 11.6 Å². The first-order valence-corrected chi connectivity index (χ1v) is 11.5. The summed E-state index contributed by atoms with van der Waals surface area (Å²) in [5.41, 5.74) is 5.56. The van der Waals surface area contributed by atoms with Crippen LogP contribution < -0.4 is 10.1 Å². The van der Waals surface area contributed by atoms with Gasteiger partial charge in [-0.05, 0) is 43.7 Å². The van der Waals surface area contributed by atoms with E-state index in [9.17, 15) is 4.39 Å². The van der Waals surface area contributed by atoms with Gasteiger partial charge in [0.05, 0.1) is 34.1 Å². The number of fused-ring (bicyclic) bond motifs is 1. The van der Waals surface area contributed by atoms with Crippen LogP contribution in [0.15, 0.2) is 54.9 Å². The predicted molar refractivity (Wildman–Crippen MR) is 132 cm³/mol. The van der Waals surface area contributed by atoms with Crippen LogP contribution in [0.25, 0.3) is 11.0 Å². The number of aromatic nitrogens is 6. The number of aromatic amines is 1. The molecule has 0 unspecified atom stereocenters. The number of nitrogens with one attached hydrogen (secondary N) is 2. The lowest BCUT2D eigenvalue weighted by molar-refractivity contribution is 0.437. The van der Waals surface area contributed by atoms with Gasteiger partial charge in [-0.15, -0.1) is 0 Å². The molecule has 5 aromatic rings. The number of halogens is 2. The minimum absolute atomic E-state index is 0.0955. The van der Waals surface area contributed by atoms with Crippen LogP contribution in [0.1, 0.15) is 29.4 Å². The molecule has 0 saturated carbocycles. The highest BCUT2D eigenvalue weighted by Crippen LogP contribution is 2.25. The number of anilines is 1. The Balaban J connectivity index is 1.31. The molecule has 0 atom stereocenters. The van der Waals surface area contributed by atoms with Gasteiger partial charge in [0.2, 0.25) is 5.95 Å². The number of benzene rings is 2. The van der Waals surface area contributed by atoms with Crippen molar-refractivity contribution in [3.05, 3.63) is 88.2 Å². The Morgan fingerprint density at radius 3 is 2.66 bits per heavy atom. The molecule has 35 heavy (non-hydrogen) atoms. The fraction of sp³-hybridized carbons (Fsp3) is 0.200. The quantitative estimate of drug-likeness (QED) is 0.290. The summed E-state index contributed by atoms with van der Waals surface area (Å²) in [6, 6.07) is 13.0. The lowest BCUT2D eigenvalue weighted by Gasteiger charge is -2.10. The molecule has 0 amide bonds. The summed E-state index contributed by atoms with van der Waals surface area (Å²) in [6.07, 6.45) is 3.57. The van der Waals surface area contributed by atoms with Gasteiger partial charge in [0, 0.05) is 36.8 Å². The van der Waals surface area contributed by atoms with Crippen LogP contribution in [0.5, 0.6) is 11.8 Å². The molecule has 0 aliphatic rings.